The first-order chi connectivity index (χ1) is 15.9. The van der Waals surface area contributed by atoms with Gasteiger partial charge in [0.25, 0.3) is 0 Å². The van der Waals surface area contributed by atoms with Gasteiger partial charge in [-0.15, -0.1) is 0 Å². The standard InChI is InChI=1S/C24H24N2O7/c1-30-13-5-7-15(19(9-13)32-3)16-11-21(27)25-22-17(24(28)29)12-26(23(16)22)18-8-6-14(31-2)10-20(18)33-4/h5-10,12,16H,11H2,1-4H3,(H,25,27)(H,28,29)/t16-/m0/s1. The molecule has 2 N–H and O–H groups in total. The number of rotatable bonds is 7. The molecule has 1 aliphatic heterocycles. The molecule has 0 aliphatic carbocycles. The summed E-state index contributed by atoms with van der Waals surface area (Å²) in [6.07, 6.45) is 1.60. The van der Waals surface area contributed by atoms with E-state index in [4.69, 9.17) is 18.9 Å². The molecule has 0 saturated heterocycles. The molecule has 1 aliphatic rings. The van der Waals surface area contributed by atoms with E-state index in [0.29, 0.717) is 34.4 Å². The number of ether oxygens (including phenoxy) is 4. The van der Waals surface area contributed by atoms with Crippen LogP contribution in [0, 0.1) is 0 Å². The predicted molar refractivity (Wildman–Crippen MR) is 120 cm³/mol. The first kappa shape index (κ1) is 22.1. The number of hydrogen-bond acceptors (Lipinski definition) is 6. The molecule has 172 valence electrons. The molecule has 0 unspecified atom stereocenters. The van der Waals surface area contributed by atoms with Gasteiger partial charge >= 0.3 is 5.97 Å². The van der Waals surface area contributed by atoms with Crippen LogP contribution < -0.4 is 24.3 Å². The lowest BCUT2D eigenvalue weighted by molar-refractivity contribution is -0.116. The Morgan fingerprint density at radius 3 is 2.21 bits per heavy atom. The van der Waals surface area contributed by atoms with Gasteiger partial charge in [0, 0.05) is 36.2 Å². The van der Waals surface area contributed by atoms with Crippen LogP contribution in [0.25, 0.3) is 5.69 Å². The van der Waals surface area contributed by atoms with Crippen LogP contribution in [-0.4, -0.2) is 50.0 Å². The second-order valence-corrected chi connectivity index (χ2v) is 7.43. The topological polar surface area (TPSA) is 108 Å². The fourth-order valence-electron chi connectivity index (χ4n) is 4.18. The lowest BCUT2D eigenvalue weighted by Crippen LogP contribution is -2.26. The van der Waals surface area contributed by atoms with Crippen molar-refractivity contribution in [2.45, 2.75) is 12.3 Å². The van der Waals surface area contributed by atoms with Gasteiger partial charge in [-0.25, -0.2) is 4.79 Å². The molecule has 1 aromatic heterocycles. The van der Waals surface area contributed by atoms with E-state index in [0.717, 1.165) is 5.56 Å². The number of anilines is 1. The third-order valence-corrected chi connectivity index (χ3v) is 5.72. The van der Waals surface area contributed by atoms with Gasteiger partial charge in [0.2, 0.25) is 5.91 Å². The van der Waals surface area contributed by atoms with Crippen molar-refractivity contribution in [3.05, 3.63) is 59.4 Å². The van der Waals surface area contributed by atoms with Crippen LogP contribution in [-0.2, 0) is 4.79 Å². The van der Waals surface area contributed by atoms with E-state index in [1.807, 2.05) is 6.07 Å². The second-order valence-electron chi connectivity index (χ2n) is 7.43. The lowest BCUT2D eigenvalue weighted by Gasteiger charge is -2.28. The van der Waals surface area contributed by atoms with Crippen LogP contribution in [0.15, 0.2) is 42.6 Å². The van der Waals surface area contributed by atoms with Gasteiger partial charge in [-0.1, -0.05) is 6.07 Å². The maximum absolute atomic E-state index is 12.6. The third kappa shape index (κ3) is 3.82. The van der Waals surface area contributed by atoms with Crippen LogP contribution in [0.5, 0.6) is 23.0 Å². The van der Waals surface area contributed by atoms with E-state index in [9.17, 15) is 14.7 Å². The molecule has 1 amide bonds. The summed E-state index contributed by atoms with van der Waals surface area (Å²) >= 11 is 0. The van der Waals surface area contributed by atoms with Gasteiger partial charge < -0.3 is 33.9 Å². The van der Waals surface area contributed by atoms with Crippen molar-refractivity contribution >= 4 is 17.6 Å². The highest BCUT2D eigenvalue weighted by atomic mass is 16.5. The molecule has 33 heavy (non-hydrogen) atoms. The Bertz CT molecular complexity index is 1230. The zero-order chi connectivity index (χ0) is 23.7. The molecule has 0 bridgehead atoms. The van der Waals surface area contributed by atoms with E-state index < -0.39 is 11.9 Å². The van der Waals surface area contributed by atoms with Gasteiger partial charge in [0.15, 0.2) is 0 Å². The van der Waals surface area contributed by atoms with Crippen molar-refractivity contribution in [1.29, 1.82) is 0 Å². The summed E-state index contributed by atoms with van der Waals surface area (Å²) in [7, 11) is 6.17. The number of carbonyl (C=O) groups is 2. The highest BCUT2D eigenvalue weighted by molar-refractivity contribution is 6.04. The van der Waals surface area contributed by atoms with Gasteiger partial charge in [-0.3, -0.25) is 4.79 Å². The number of aromatic carboxylic acids is 1. The number of methoxy groups -OCH3 is 4. The number of nitrogens with zero attached hydrogens (tertiary/aromatic N) is 1. The summed E-state index contributed by atoms with van der Waals surface area (Å²) in [5, 5.41) is 12.6. The Morgan fingerprint density at radius 1 is 0.970 bits per heavy atom. The fraction of sp³-hybridized carbons (Fsp3) is 0.250. The largest absolute Gasteiger partial charge is 0.497 e. The van der Waals surface area contributed by atoms with Gasteiger partial charge in [0.05, 0.1) is 45.5 Å². The Labute approximate surface area is 190 Å². The number of carboxylic acid groups (broad SMARTS) is 1. The molecule has 9 nitrogen and oxygen atoms in total. The highest BCUT2D eigenvalue weighted by Crippen LogP contribution is 2.46. The monoisotopic (exact) mass is 452 g/mol. The highest BCUT2D eigenvalue weighted by Gasteiger charge is 2.36. The summed E-state index contributed by atoms with van der Waals surface area (Å²) in [6.45, 7) is 0. The quantitative estimate of drug-likeness (QED) is 0.563. The molecular formula is C24H24N2O7. The number of amides is 1. The van der Waals surface area contributed by atoms with Crippen molar-refractivity contribution in [3.63, 3.8) is 0 Å². The maximum Gasteiger partial charge on any atom is 0.339 e. The Kier molecular flexibility index (Phi) is 5.87. The first-order valence-corrected chi connectivity index (χ1v) is 10.1. The molecule has 0 radical (unpaired) electrons. The molecule has 2 aromatic carbocycles. The maximum atomic E-state index is 12.6. The minimum atomic E-state index is -1.15. The number of carboxylic acids is 1. The molecular weight excluding hydrogens is 428 g/mol. The van der Waals surface area contributed by atoms with Crippen molar-refractivity contribution in [2.24, 2.45) is 0 Å². The molecule has 3 aromatic rings. The van der Waals surface area contributed by atoms with E-state index in [-0.39, 0.29) is 23.6 Å². The number of hydrogen-bond donors (Lipinski definition) is 2. The second kappa shape index (κ2) is 8.78. The SMILES string of the molecule is COc1ccc([C@@H]2CC(=O)Nc3c(C(=O)O)cn(-c4ccc(OC)cc4OC)c32)c(OC)c1. The van der Waals surface area contributed by atoms with Gasteiger partial charge in [-0.05, 0) is 18.2 Å². The van der Waals surface area contributed by atoms with Crippen LogP contribution in [0.4, 0.5) is 5.69 Å². The molecule has 0 spiro atoms. The number of aromatic nitrogens is 1. The molecule has 4 rings (SSSR count). The van der Waals surface area contributed by atoms with Crippen molar-refractivity contribution in [2.75, 3.05) is 33.8 Å². The predicted octanol–water partition coefficient (Wildman–Crippen LogP) is 3.68. The number of fused-ring (bicyclic) bond motifs is 1. The number of carbonyl (C=O) groups excluding carboxylic acids is 1. The fourth-order valence-corrected chi connectivity index (χ4v) is 4.18. The average Bonchev–Trinajstić information content (AvgIpc) is 3.22. The van der Waals surface area contributed by atoms with E-state index in [1.165, 1.54) is 20.4 Å². The molecule has 0 fully saturated rings. The third-order valence-electron chi connectivity index (χ3n) is 5.72. The van der Waals surface area contributed by atoms with Crippen molar-refractivity contribution in [3.8, 4) is 28.7 Å². The van der Waals surface area contributed by atoms with E-state index in [2.05, 4.69) is 5.32 Å². The normalized spacial score (nSPS) is 14.8. The minimum absolute atomic E-state index is 0.0200. The summed E-state index contributed by atoms with van der Waals surface area (Å²) in [5.74, 6) is 0.306. The van der Waals surface area contributed by atoms with Crippen LogP contribution in [0.2, 0.25) is 0 Å². The Morgan fingerprint density at radius 2 is 1.61 bits per heavy atom. The summed E-state index contributed by atoms with van der Waals surface area (Å²) < 4.78 is 23.5. The average molecular weight is 452 g/mol. The van der Waals surface area contributed by atoms with Crippen LogP contribution >= 0.6 is 0 Å². The van der Waals surface area contributed by atoms with Gasteiger partial charge in [0.1, 0.15) is 28.6 Å². The van der Waals surface area contributed by atoms with Gasteiger partial charge in [-0.2, -0.15) is 0 Å². The van der Waals surface area contributed by atoms with Crippen LogP contribution in [0.3, 0.4) is 0 Å². The van der Waals surface area contributed by atoms with Crippen LogP contribution in [0.1, 0.15) is 34.0 Å². The summed E-state index contributed by atoms with van der Waals surface area (Å²) in [4.78, 5) is 24.7. The minimum Gasteiger partial charge on any atom is -0.497 e. The lowest BCUT2D eigenvalue weighted by atomic mass is 9.87. The summed E-state index contributed by atoms with van der Waals surface area (Å²) in [6, 6.07) is 10.6. The number of nitrogens with one attached hydrogen (secondary N) is 1. The number of benzene rings is 2. The van der Waals surface area contributed by atoms with Crippen molar-refractivity contribution < 1.29 is 33.6 Å². The Hall–Kier alpha value is -4.14. The molecule has 1 atom stereocenters. The molecule has 9 heteroatoms. The smallest absolute Gasteiger partial charge is 0.339 e. The first-order valence-electron chi connectivity index (χ1n) is 10.1. The molecule has 2 heterocycles. The molecule has 0 saturated carbocycles. The van der Waals surface area contributed by atoms with Crippen molar-refractivity contribution in [1.82, 2.24) is 4.57 Å². The van der Waals surface area contributed by atoms with E-state index >= 15 is 0 Å². The van der Waals surface area contributed by atoms with E-state index in [1.54, 1.807) is 49.1 Å². The summed E-state index contributed by atoms with van der Waals surface area (Å²) in [5.41, 5.74) is 2.18. The Balaban J connectivity index is 1.99. The zero-order valence-electron chi connectivity index (χ0n) is 18.7. The zero-order valence-corrected chi connectivity index (χ0v) is 18.7.